The van der Waals surface area contributed by atoms with E-state index in [0.717, 1.165) is 25.2 Å². The molecular weight excluding hydrogens is 210 g/mol. The second-order valence-electron chi connectivity index (χ2n) is 4.92. The SMILES string of the molecule is CCCN1CCc2nc3c(C)cccn3c2C1. The Balaban J connectivity index is 2.06. The van der Waals surface area contributed by atoms with Gasteiger partial charge in [0.15, 0.2) is 0 Å². The van der Waals surface area contributed by atoms with Crippen LogP contribution in [0.4, 0.5) is 0 Å². The summed E-state index contributed by atoms with van der Waals surface area (Å²) in [6, 6.07) is 4.25. The lowest BCUT2D eigenvalue weighted by Crippen LogP contribution is -2.31. The third-order valence-corrected chi connectivity index (χ3v) is 3.61. The zero-order valence-corrected chi connectivity index (χ0v) is 10.6. The van der Waals surface area contributed by atoms with E-state index in [1.807, 2.05) is 0 Å². The van der Waals surface area contributed by atoms with Gasteiger partial charge in [0.1, 0.15) is 5.65 Å². The van der Waals surface area contributed by atoms with Crippen molar-refractivity contribution in [2.75, 3.05) is 13.1 Å². The van der Waals surface area contributed by atoms with E-state index in [1.54, 1.807) is 0 Å². The zero-order chi connectivity index (χ0) is 11.8. The van der Waals surface area contributed by atoms with Gasteiger partial charge in [0.05, 0.1) is 11.4 Å². The number of aromatic nitrogens is 2. The molecule has 0 radical (unpaired) electrons. The van der Waals surface area contributed by atoms with E-state index in [0.29, 0.717) is 0 Å². The first kappa shape index (κ1) is 10.8. The van der Waals surface area contributed by atoms with Crippen LogP contribution in [0.3, 0.4) is 0 Å². The van der Waals surface area contributed by atoms with Crippen LogP contribution in [-0.4, -0.2) is 27.4 Å². The molecule has 3 heterocycles. The van der Waals surface area contributed by atoms with Crippen LogP contribution in [0.25, 0.3) is 5.65 Å². The van der Waals surface area contributed by atoms with Gasteiger partial charge in [-0.15, -0.1) is 0 Å². The molecular formula is C14H19N3. The Hall–Kier alpha value is -1.35. The highest BCUT2D eigenvalue weighted by Gasteiger charge is 2.20. The number of aryl methyl sites for hydroxylation is 1. The van der Waals surface area contributed by atoms with Gasteiger partial charge in [-0.2, -0.15) is 0 Å². The molecule has 0 atom stereocenters. The van der Waals surface area contributed by atoms with Crippen molar-refractivity contribution in [1.29, 1.82) is 0 Å². The Bertz CT molecular complexity index is 542. The minimum atomic E-state index is 1.05. The largest absolute Gasteiger partial charge is 0.302 e. The van der Waals surface area contributed by atoms with Crippen LogP contribution in [0.5, 0.6) is 0 Å². The first-order chi connectivity index (χ1) is 8.29. The molecule has 0 N–H and O–H groups in total. The number of imidazole rings is 1. The predicted molar refractivity (Wildman–Crippen MR) is 69.2 cm³/mol. The second-order valence-corrected chi connectivity index (χ2v) is 4.92. The molecule has 0 saturated carbocycles. The molecule has 17 heavy (non-hydrogen) atoms. The van der Waals surface area contributed by atoms with Crippen LogP contribution in [0.1, 0.15) is 30.3 Å². The summed E-state index contributed by atoms with van der Waals surface area (Å²) in [5, 5.41) is 0. The minimum absolute atomic E-state index is 1.05. The van der Waals surface area contributed by atoms with E-state index in [4.69, 9.17) is 4.98 Å². The zero-order valence-electron chi connectivity index (χ0n) is 10.6. The molecule has 90 valence electrons. The second kappa shape index (κ2) is 4.15. The van der Waals surface area contributed by atoms with E-state index in [9.17, 15) is 0 Å². The van der Waals surface area contributed by atoms with Crippen molar-refractivity contribution in [1.82, 2.24) is 14.3 Å². The molecule has 0 saturated heterocycles. The average Bonchev–Trinajstić information content (AvgIpc) is 2.70. The number of nitrogens with zero attached hydrogens (tertiary/aromatic N) is 3. The van der Waals surface area contributed by atoms with Crippen molar-refractivity contribution < 1.29 is 0 Å². The minimum Gasteiger partial charge on any atom is -0.302 e. The molecule has 0 fully saturated rings. The molecule has 3 nitrogen and oxygen atoms in total. The van der Waals surface area contributed by atoms with Crippen LogP contribution in [0.2, 0.25) is 0 Å². The maximum absolute atomic E-state index is 4.78. The van der Waals surface area contributed by atoms with Gasteiger partial charge in [0.25, 0.3) is 0 Å². The highest BCUT2D eigenvalue weighted by Crippen LogP contribution is 2.22. The van der Waals surface area contributed by atoms with Crippen LogP contribution < -0.4 is 0 Å². The third kappa shape index (κ3) is 1.75. The highest BCUT2D eigenvalue weighted by atomic mass is 15.2. The Labute approximate surface area is 102 Å². The average molecular weight is 229 g/mol. The summed E-state index contributed by atoms with van der Waals surface area (Å²) < 4.78 is 2.27. The van der Waals surface area contributed by atoms with Crippen LogP contribution in [0.15, 0.2) is 18.3 Å². The molecule has 3 heteroatoms. The summed E-state index contributed by atoms with van der Waals surface area (Å²) in [4.78, 5) is 7.31. The number of hydrogen-bond donors (Lipinski definition) is 0. The molecule has 0 unspecified atom stereocenters. The summed E-state index contributed by atoms with van der Waals surface area (Å²) in [7, 11) is 0. The Morgan fingerprint density at radius 2 is 2.29 bits per heavy atom. The van der Waals surface area contributed by atoms with E-state index in [2.05, 4.69) is 41.5 Å². The number of fused-ring (bicyclic) bond motifs is 3. The normalized spacial score (nSPS) is 16.4. The fourth-order valence-corrected chi connectivity index (χ4v) is 2.73. The third-order valence-electron chi connectivity index (χ3n) is 3.61. The molecule has 2 aromatic heterocycles. The smallest absolute Gasteiger partial charge is 0.140 e. The van der Waals surface area contributed by atoms with E-state index >= 15 is 0 Å². The van der Waals surface area contributed by atoms with Crippen LogP contribution >= 0.6 is 0 Å². The van der Waals surface area contributed by atoms with Crippen molar-refractivity contribution in [3.8, 4) is 0 Å². The number of pyridine rings is 1. The van der Waals surface area contributed by atoms with Gasteiger partial charge in [-0.1, -0.05) is 13.0 Å². The molecule has 1 aliphatic rings. The molecule has 0 aliphatic carbocycles. The lowest BCUT2D eigenvalue weighted by molar-refractivity contribution is 0.249. The Kier molecular flexibility index (Phi) is 2.63. The lowest BCUT2D eigenvalue weighted by atomic mass is 10.1. The van der Waals surface area contributed by atoms with E-state index in [1.165, 1.54) is 29.9 Å². The first-order valence-electron chi connectivity index (χ1n) is 6.47. The summed E-state index contributed by atoms with van der Waals surface area (Å²) >= 11 is 0. The van der Waals surface area contributed by atoms with Gasteiger partial charge in [0.2, 0.25) is 0 Å². The summed E-state index contributed by atoms with van der Waals surface area (Å²) in [6.45, 7) is 7.78. The standard InChI is InChI=1S/C14H19N3/c1-3-7-16-9-6-12-13(10-16)17-8-4-5-11(2)14(17)15-12/h4-5,8H,3,6-7,9-10H2,1-2H3. The topological polar surface area (TPSA) is 20.5 Å². The quantitative estimate of drug-likeness (QED) is 0.788. The van der Waals surface area contributed by atoms with Crippen LogP contribution in [-0.2, 0) is 13.0 Å². The van der Waals surface area contributed by atoms with E-state index in [-0.39, 0.29) is 0 Å². The lowest BCUT2D eigenvalue weighted by Gasteiger charge is -2.25. The van der Waals surface area contributed by atoms with Crippen molar-refractivity contribution in [2.45, 2.75) is 33.2 Å². The summed E-state index contributed by atoms with van der Waals surface area (Å²) in [5.41, 5.74) is 5.09. The van der Waals surface area contributed by atoms with E-state index < -0.39 is 0 Å². The van der Waals surface area contributed by atoms with Gasteiger partial charge in [-0.05, 0) is 31.5 Å². The molecule has 1 aliphatic heterocycles. The summed E-state index contributed by atoms with van der Waals surface area (Å²) in [6.07, 6.45) is 4.46. The van der Waals surface area contributed by atoms with Gasteiger partial charge >= 0.3 is 0 Å². The molecule has 3 rings (SSSR count). The molecule has 2 aromatic rings. The van der Waals surface area contributed by atoms with Gasteiger partial charge in [-0.3, -0.25) is 4.90 Å². The van der Waals surface area contributed by atoms with Crippen LogP contribution in [0, 0.1) is 6.92 Å². The maximum Gasteiger partial charge on any atom is 0.140 e. The molecule has 0 bridgehead atoms. The van der Waals surface area contributed by atoms with Crippen molar-refractivity contribution >= 4 is 5.65 Å². The molecule has 0 aromatic carbocycles. The van der Waals surface area contributed by atoms with Crippen molar-refractivity contribution in [2.24, 2.45) is 0 Å². The highest BCUT2D eigenvalue weighted by molar-refractivity contribution is 5.50. The number of hydrogen-bond acceptors (Lipinski definition) is 2. The van der Waals surface area contributed by atoms with Gasteiger partial charge in [-0.25, -0.2) is 4.98 Å². The fraction of sp³-hybridized carbons (Fsp3) is 0.500. The predicted octanol–water partition coefficient (Wildman–Crippen LogP) is 2.41. The van der Waals surface area contributed by atoms with Gasteiger partial charge in [0, 0.05) is 25.7 Å². The fourth-order valence-electron chi connectivity index (χ4n) is 2.73. The van der Waals surface area contributed by atoms with Crippen molar-refractivity contribution in [3.05, 3.63) is 35.3 Å². The maximum atomic E-state index is 4.78. The summed E-state index contributed by atoms with van der Waals surface area (Å²) in [5.74, 6) is 0. The Morgan fingerprint density at radius 1 is 1.41 bits per heavy atom. The monoisotopic (exact) mass is 229 g/mol. The molecule has 0 spiro atoms. The Morgan fingerprint density at radius 3 is 3.12 bits per heavy atom. The van der Waals surface area contributed by atoms with Gasteiger partial charge < -0.3 is 4.40 Å². The number of rotatable bonds is 2. The molecule has 0 amide bonds. The first-order valence-corrected chi connectivity index (χ1v) is 6.47. The van der Waals surface area contributed by atoms with Crippen molar-refractivity contribution in [3.63, 3.8) is 0 Å².